The van der Waals surface area contributed by atoms with Crippen molar-refractivity contribution in [2.45, 2.75) is 0 Å². The maximum atomic E-state index is 11.6. The second kappa shape index (κ2) is 7.83. The molecule has 126 valence electrons. The van der Waals surface area contributed by atoms with Gasteiger partial charge in [-0.1, -0.05) is 24.3 Å². The lowest BCUT2D eigenvalue weighted by molar-refractivity contribution is -0.116. The van der Waals surface area contributed by atoms with Crippen LogP contribution in [-0.4, -0.2) is 24.0 Å². The van der Waals surface area contributed by atoms with E-state index in [9.17, 15) is 9.90 Å². The first-order valence-corrected chi connectivity index (χ1v) is 7.57. The number of rotatable bonds is 5. The van der Waals surface area contributed by atoms with Gasteiger partial charge in [0.2, 0.25) is 6.79 Å². The summed E-state index contributed by atoms with van der Waals surface area (Å²) in [7, 11) is 0. The normalized spacial score (nSPS) is 13.1. The molecule has 2 aromatic rings. The van der Waals surface area contributed by atoms with Gasteiger partial charge in [0.05, 0.1) is 6.21 Å². The molecular weight excluding hydrogens is 320 g/mol. The molecule has 6 heteroatoms. The van der Waals surface area contributed by atoms with Crippen LogP contribution in [0.1, 0.15) is 11.1 Å². The zero-order valence-corrected chi connectivity index (χ0v) is 13.3. The summed E-state index contributed by atoms with van der Waals surface area (Å²) in [5, 5.41) is 13.0. The van der Waals surface area contributed by atoms with Crippen LogP contribution in [0.3, 0.4) is 0 Å². The van der Waals surface area contributed by atoms with Gasteiger partial charge in [-0.05, 0) is 47.5 Å². The molecule has 1 amide bonds. The molecule has 0 fully saturated rings. The minimum absolute atomic E-state index is 0.179. The number of amides is 1. The molecule has 0 saturated carbocycles. The van der Waals surface area contributed by atoms with E-state index in [0.717, 1.165) is 16.9 Å². The van der Waals surface area contributed by atoms with Gasteiger partial charge < -0.3 is 14.6 Å². The van der Waals surface area contributed by atoms with Crippen molar-refractivity contribution in [3.63, 3.8) is 0 Å². The van der Waals surface area contributed by atoms with Gasteiger partial charge in [-0.3, -0.25) is 4.79 Å². The van der Waals surface area contributed by atoms with E-state index in [4.69, 9.17) is 9.47 Å². The van der Waals surface area contributed by atoms with Crippen LogP contribution in [-0.2, 0) is 4.79 Å². The first-order chi connectivity index (χ1) is 12.2. The number of benzene rings is 2. The van der Waals surface area contributed by atoms with Crippen LogP contribution in [0, 0.1) is 0 Å². The topological polar surface area (TPSA) is 80.2 Å². The molecule has 3 rings (SSSR count). The number of phenols is 1. The Kier molecular flexibility index (Phi) is 5.11. The third-order valence-corrected chi connectivity index (χ3v) is 3.33. The second-order valence-electron chi connectivity index (χ2n) is 5.16. The van der Waals surface area contributed by atoms with Crippen LogP contribution >= 0.6 is 0 Å². The summed E-state index contributed by atoms with van der Waals surface area (Å²) >= 11 is 0. The van der Waals surface area contributed by atoms with Crippen LogP contribution in [0.2, 0.25) is 0 Å². The van der Waals surface area contributed by atoms with Crippen LogP contribution in [0.4, 0.5) is 0 Å². The zero-order valence-electron chi connectivity index (χ0n) is 13.3. The lowest BCUT2D eigenvalue weighted by atomic mass is 10.2. The van der Waals surface area contributed by atoms with Gasteiger partial charge >= 0.3 is 0 Å². The van der Waals surface area contributed by atoms with Gasteiger partial charge in [0.1, 0.15) is 5.75 Å². The molecule has 25 heavy (non-hydrogen) atoms. The fourth-order valence-corrected chi connectivity index (χ4v) is 2.09. The molecule has 0 unspecified atom stereocenters. The molecule has 2 aromatic carbocycles. The summed E-state index contributed by atoms with van der Waals surface area (Å²) in [5.74, 6) is 1.29. The number of carbonyl (C=O) groups is 1. The van der Waals surface area contributed by atoms with Crippen molar-refractivity contribution in [1.82, 2.24) is 5.43 Å². The number of aromatic hydroxyl groups is 1. The first-order valence-electron chi connectivity index (χ1n) is 7.57. The van der Waals surface area contributed by atoms with Crippen LogP contribution < -0.4 is 14.9 Å². The number of nitrogens with one attached hydrogen (secondary N) is 1. The summed E-state index contributed by atoms with van der Waals surface area (Å²) < 4.78 is 10.5. The van der Waals surface area contributed by atoms with Crippen molar-refractivity contribution < 1.29 is 19.4 Å². The van der Waals surface area contributed by atoms with E-state index in [-0.39, 0.29) is 18.4 Å². The molecule has 0 aliphatic carbocycles. The van der Waals surface area contributed by atoms with Gasteiger partial charge in [0.15, 0.2) is 11.5 Å². The number of hydrogen-bond donors (Lipinski definition) is 2. The average molecular weight is 336 g/mol. The molecule has 6 nitrogen and oxygen atoms in total. The average Bonchev–Trinajstić information content (AvgIpc) is 3.08. The maximum absolute atomic E-state index is 11.6. The minimum atomic E-state index is -0.342. The van der Waals surface area contributed by atoms with E-state index in [1.54, 1.807) is 36.4 Å². The molecule has 1 aliphatic rings. The Hall–Kier alpha value is -3.54. The van der Waals surface area contributed by atoms with Crippen molar-refractivity contribution >= 4 is 18.2 Å². The van der Waals surface area contributed by atoms with Gasteiger partial charge in [0, 0.05) is 6.08 Å². The Labute approximate surface area is 144 Å². The monoisotopic (exact) mass is 336 g/mol. The largest absolute Gasteiger partial charge is 0.508 e. The highest BCUT2D eigenvalue weighted by atomic mass is 16.7. The van der Waals surface area contributed by atoms with Crippen molar-refractivity contribution in [2.24, 2.45) is 5.10 Å². The highest BCUT2D eigenvalue weighted by Gasteiger charge is 2.11. The summed E-state index contributed by atoms with van der Waals surface area (Å²) in [5.41, 5.74) is 4.10. The van der Waals surface area contributed by atoms with Gasteiger partial charge in [-0.15, -0.1) is 0 Å². The van der Waals surface area contributed by atoms with Gasteiger partial charge in [-0.2, -0.15) is 5.10 Å². The van der Waals surface area contributed by atoms with Crippen molar-refractivity contribution in [3.05, 3.63) is 71.8 Å². The van der Waals surface area contributed by atoms with E-state index in [1.165, 1.54) is 12.3 Å². The Morgan fingerprint density at radius 3 is 2.64 bits per heavy atom. The fourth-order valence-electron chi connectivity index (χ4n) is 2.09. The Bertz CT molecular complexity index is 839. The first kappa shape index (κ1) is 16.3. The van der Waals surface area contributed by atoms with Gasteiger partial charge in [-0.25, -0.2) is 5.43 Å². The van der Waals surface area contributed by atoms with E-state index in [2.05, 4.69) is 10.5 Å². The fraction of sp³-hybridized carbons (Fsp3) is 0.0526. The molecule has 2 N–H and O–H groups in total. The third kappa shape index (κ3) is 4.71. The lowest BCUT2D eigenvalue weighted by Crippen LogP contribution is -2.13. The zero-order chi connectivity index (χ0) is 17.5. The van der Waals surface area contributed by atoms with Gasteiger partial charge in [0.25, 0.3) is 5.91 Å². The number of hydrogen-bond acceptors (Lipinski definition) is 5. The lowest BCUT2D eigenvalue weighted by Gasteiger charge is -1.96. The molecule has 1 aliphatic heterocycles. The molecule has 0 bridgehead atoms. The van der Waals surface area contributed by atoms with Crippen LogP contribution in [0.25, 0.3) is 6.08 Å². The highest BCUT2D eigenvalue weighted by molar-refractivity contribution is 5.89. The molecular formula is C19H16N2O4. The number of phenolic OH excluding ortho intramolecular Hbond substituents is 1. The highest BCUT2D eigenvalue weighted by Crippen LogP contribution is 2.32. The molecule has 0 spiro atoms. The van der Waals surface area contributed by atoms with Crippen LogP contribution in [0.15, 0.2) is 65.8 Å². The standard InChI is InChI=1S/C19H16N2O4/c22-16-8-5-15(6-9-16)12-20-21-19(23)4-2-1-3-14-7-10-17-18(11-14)25-13-24-17/h1-12,22H,13H2,(H,21,23)/b3-1+,4-2+,20-12-. The molecule has 0 aromatic heterocycles. The summed E-state index contributed by atoms with van der Waals surface area (Å²) in [6.45, 7) is 0.243. The van der Waals surface area contributed by atoms with Crippen molar-refractivity contribution in [1.29, 1.82) is 0 Å². The molecule has 0 atom stereocenters. The van der Waals surface area contributed by atoms with Crippen LogP contribution in [0.5, 0.6) is 17.2 Å². The Morgan fingerprint density at radius 2 is 1.80 bits per heavy atom. The van der Waals surface area contributed by atoms with Crippen molar-refractivity contribution in [3.8, 4) is 17.2 Å². The number of fused-ring (bicyclic) bond motifs is 1. The quantitative estimate of drug-likeness (QED) is 0.381. The predicted octanol–water partition coefficient (Wildman–Crippen LogP) is 2.84. The molecule has 0 radical (unpaired) electrons. The van der Waals surface area contributed by atoms with E-state index >= 15 is 0 Å². The van der Waals surface area contributed by atoms with E-state index in [0.29, 0.717) is 5.75 Å². The summed E-state index contributed by atoms with van der Waals surface area (Å²) in [6.07, 6.45) is 8.09. The minimum Gasteiger partial charge on any atom is -0.508 e. The SMILES string of the molecule is O=C(/C=C/C=C/c1ccc2c(c1)OCO2)N/N=C\c1ccc(O)cc1. The van der Waals surface area contributed by atoms with E-state index in [1.807, 2.05) is 24.3 Å². The number of nitrogens with zero attached hydrogens (tertiary/aromatic N) is 1. The predicted molar refractivity (Wildman–Crippen MR) is 94.6 cm³/mol. The molecule has 0 saturated heterocycles. The van der Waals surface area contributed by atoms with Crippen molar-refractivity contribution in [2.75, 3.05) is 6.79 Å². The smallest absolute Gasteiger partial charge is 0.264 e. The third-order valence-electron chi connectivity index (χ3n) is 3.33. The maximum Gasteiger partial charge on any atom is 0.264 e. The Morgan fingerprint density at radius 1 is 1.04 bits per heavy atom. The summed E-state index contributed by atoms with van der Waals surface area (Å²) in [6, 6.07) is 12.1. The number of allylic oxidation sites excluding steroid dienone is 2. The molecule has 1 heterocycles. The van der Waals surface area contributed by atoms with E-state index < -0.39 is 0 Å². The number of carbonyl (C=O) groups excluding carboxylic acids is 1. The number of hydrazone groups is 1. The number of ether oxygens (including phenoxy) is 2. The second-order valence-corrected chi connectivity index (χ2v) is 5.16. The Balaban J connectivity index is 1.48. The summed E-state index contributed by atoms with van der Waals surface area (Å²) in [4.78, 5) is 11.6.